The van der Waals surface area contributed by atoms with Gasteiger partial charge < -0.3 is 10.6 Å². The van der Waals surface area contributed by atoms with Crippen LogP contribution < -0.4 is 10.6 Å². The molecular formula is C9H17N3OS. The zero-order valence-electron chi connectivity index (χ0n) is 8.89. The number of carbonyl (C=O) groups is 1. The summed E-state index contributed by atoms with van der Waals surface area (Å²) in [5.74, 6) is 1.03. The molecule has 1 heterocycles. The van der Waals surface area contributed by atoms with Gasteiger partial charge in [0.2, 0.25) is 5.91 Å². The van der Waals surface area contributed by atoms with Gasteiger partial charge in [-0.15, -0.1) is 0 Å². The molecule has 0 saturated carbocycles. The van der Waals surface area contributed by atoms with Crippen molar-refractivity contribution in [3.05, 3.63) is 0 Å². The molecule has 4 nitrogen and oxygen atoms in total. The third-order valence-electron chi connectivity index (χ3n) is 1.93. The van der Waals surface area contributed by atoms with Crippen LogP contribution in [0.4, 0.5) is 0 Å². The van der Waals surface area contributed by atoms with Crippen LogP contribution in [0.3, 0.4) is 0 Å². The Morgan fingerprint density at radius 3 is 2.86 bits per heavy atom. The fourth-order valence-electron chi connectivity index (χ4n) is 0.992. The Morgan fingerprint density at radius 2 is 2.36 bits per heavy atom. The molecule has 0 atom stereocenters. The van der Waals surface area contributed by atoms with E-state index in [9.17, 15) is 4.79 Å². The van der Waals surface area contributed by atoms with Crippen LogP contribution in [0, 0.1) is 5.41 Å². The summed E-state index contributed by atoms with van der Waals surface area (Å²) < 4.78 is 0. The van der Waals surface area contributed by atoms with E-state index in [2.05, 4.69) is 29.5 Å². The summed E-state index contributed by atoms with van der Waals surface area (Å²) >= 11 is 1.68. The lowest BCUT2D eigenvalue weighted by Crippen LogP contribution is -2.37. The Bertz CT molecular complexity index is 250. The molecule has 0 saturated heterocycles. The van der Waals surface area contributed by atoms with E-state index in [1.165, 1.54) is 0 Å². The molecule has 0 aromatic heterocycles. The highest BCUT2D eigenvalue weighted by molar-refractivity contribution is 8.13. The summed E-state index contributed by atoms with van der Waals surface area (Å²) in [5, 5.41) is 6.45. The lowest BCUT2D eigenvalue weighted by molar-refractivity contribution is -0.119. The van der Waals surface area contributed by atoms with Crippen LogP contribution in [-0.4, -0.2) is 37.0 Å². The summed E-state index contributed by atoms with van der Waals surface area (Å²) in [5.41, 5.74) is 0.281. The first-order valence-electron chi connectivity index (χ1n) is 4.65. The van der Waals surface area contributed by atoms with Gasteiger partial charge in [0.25, 0.3) is 0 Å². The molecule has 0 aromatic carbocycles. The fraction of sp³-hybridized carbons (Fsp3) is 0.778. The van der Waals surface area contributed by atoms with Gasteiger partial charge in [0.05, 0.1) is 6.54 Å². The number of nitrogens with one attached hydrogen (secondary N) is 2. The van der Waals surface area contributed by atoms with Crippen molar-refractivity contribution in [3.63, 3.8) is 0 Å². The zero-order valence-corrected chi connectivity index (χ0v) is 9.70. The number of amidine groups is 1. The van der Waals surface area contributed by atoms with Crippen LogP contribution >= 0.6 is 11.8 Å². The molecule has 0 radical (unpaired) electrons. The van der Waals surface area contributed by atoms with Crippen LogP contribution in [0.2, 0.25) is 0 Å². The number of aliphatic imine (C=N–C) groups is 1. The minimum atomic E-state index is -0.0156. The van der Waals surface area contributed by atoms with Gasteiger partial charge in [-0.25, -0.2) is 0 Å². The van der Waals surface area contributed by atoms with E-state index < -0.39 is 0 Å². The van der Waals surface area contributed by atoms with Gasteiger partial charge in [0.1, 0.15) is 0 Å². The van der Waals surface area contributed by atoms with Crippen molar-refractivity contribution >= 4 is 22.8 Å². The van der Waals surface area contributed by atoms with E-state index in [0.717, 1.165) is 17.5 Å². The first-order valence-corrected chi connectivity index (χ1v) is 5.64. The van der Waals surface area contributed by atoms with E-state index in [1.54, 1.807) is 18.8 Å². The molecule has 1 amide bonds. The van der Waals surface area contributed by atoms with Gasteiger partial charge in [0, 0.05) is 19.3 Å². The van der Waals surface area contributed by atoms with Gasteiger partial charge in [-0.1, -0.05) is 25.6 Å². The van der Waals surface area contributed by atoms with Crippen molar-refractivity contribution in [2.24, 2.45) is 10.4 Å². The Hall–Kier alpha value is -0.710. The van der Waals surface area contributed by atoms with Crippen LogP contribution in [0.15, 0.2) is 4.99 Å². The lowest BCUT2D eigenvalue weighted by atomic mass is 9.97. The van der Waals surface area contributed by atoms with Crippen LogP contribution in [0.5, 0.6) is 0 Å². The molecule has 5 heteroatoms. The summed E-state index contributed by atoms with van der Waals surface area (Å²) in [7, 11) is 1.63. The predicted molar refractivity (Wildman–Crippen MR) is 60.6 cm³/mol. The smallest absolute Gasteiger partial charge is 0.239 e. The monoisotopic (exact) mass is 215 g/mol. The number of hydrogen-bond acceptors (Lipinski definition) is 4. The topological polar surface area (TPSA) is 53.5 Å². The lowest BCUT2D eigenvalue weighted by Gasteiger charge is -2.27. The minimum absolute atomic E-state index is 0.0156. The highest BCUT2D eigenvalue weighted by Gasteiger charge is 2.23. The van der Waals surface area contributed by atoms with E-state index in [0.29, 0.717) is 6.54 Å². The van der Waals surface area contributed by atoms with Crippen molar-refractivity contribution in [1.82, 2.24) is 10.6 Å². The maximum atomic E-state index is 10.9. The molecule has 0 aromatic rings. The molecule has 0 spiro atoms. The Balaban J connectivity index is 2.34. The van der Waals surface area contributed by atoms with Crippen molar-refractivity contribution < 1.29 is 4.79 Å². The normalized spacial score (nSPS) is 19.8. The molecule has 0 fully saturated rings. The molecule has 80 valence electrons. The molecular weight excluding hydrogens is 198 g/mol. The maximum Gasteiger partial charge on any atom is 0.239 e. The van der Waals surface area contributed by atoms with Gasteiger partial charge in [-0.2, -0.15) is 0 Å². The molecule has 14 heavy (non-hydrogen) atoms. The summed E-state index contributed by atoms with van der Waals surface area (Å²) in [4.78, 5) is 15.3. The maximum absolute atomic E-state index is 10.9. The fourth-order valence-corrected chi connectivity index (χ4v) is 1.94. The third-order valence-corrected chi connectivity index (χ3v) is 3.40. The van der Waals surface area contributed by atoms with E-state index in [4.69, 9.17) is 0 Å². The Kier molecular flexibility index (Phi) is 3.80. The SMILES string of the molecule is CNC(=O)CNC1=NCC(C)(C)CS1. The first kappa shape index (κ1) is 11.4. The van der Waals surface area contributed by atoms with Crippen molar-refractivity contribution in [2.45, 2.75) is 13.8 Å². The quantitative estimate of drug-likeness (QED) is 0.703. The predicted octanol–water partition coefficient (Wildman–Crippen LogP) is 0.451. The van der Waals surface area contributed by atoms with E-state index >= 15 is 0 Å². The minimum Gasteiger partial charge on any atom is -0.358 e. The Labute approximate surface area is 88.9 Å². The number of rotatable bonds is 2. The molecule has 1 aliphatic heterocycles. The zero-order chi connectivity index (χ0) is 10.6. The summed E-state index contributed by atoms with van der Waals surface area (Å²) in [6.45, 7) is 5.52. The van der Waals surface area contributed by atoms with Crippen LogP contribution in [-0.2, 0) is 4.79 Å². The largest absolute Gasteiger partial charge is 0.358 e. The molecule has 2 N–H and O–H groups in total. The summed E-state index contributed by atoms with van der Waals surface area (Å²) in [6, 6.07) is 0. The average molecular weight is 215 g/mol. The number of nitrogens with zero attached hydrogens (tertiary/aromatic N) is 1. The highest BCUT2D eigenvalue weighted by atomic mass is 32.2. The van der Waals surface area contributed by atoms with Gasteiger partial charge in [-0.3, -0.25) is 9.79 Å². The van der Waals surface area contributed by atoms with Crippen LogP contribution in [0.25, 0.3) is 0 Å². The second kappa shape index (κ2) is 4.68. The second-order valence-corrected chi connectivity index (χ2v) is 5.07. The number of likely N-dealkylation sites (N-methyl/N-ethyl adjacent to an activating group) is 1. The van der Waals surface area contributed by atoms with Crippen molar-refractivity contribution in [1.29, 1.82) is 0 Å². The van der Waals surface area contributed by atoms with Gasteiger partial charge in [0.15, 0.2) is 5.17 Å². The Morgan fingerprint density at radius 1 is 1.64 bits per heavy atom. The van der Waals surface area contributed by atoms with E-state index in [-0.39, 0.29) is 11.3 Å². The van der Waals surface area contributed by atoms with Gasteiger partial charge in [-0.05, 0) is 5.41 Å². The second-order valence-electron chi connectivity index (χ2n) is 4.10. The third kappa shape index (κ3) is 3.57. The molecule has 1 rings (SSSR count). The molecule has 0 aliphatic carbocycles. The molecule has 0 unspecified atom stereocenters. The first-order chi connectivity index (χ1) is 6.53. The number of thioether (sulfide) groups is 1. The van der Waals surface area contributed by atoms with Crippen molar-refractivity contribution in [3.8, 4) is 0 Å². The molecule has 1 aliphatic rings. The number of amides is 1. The summed E-state index contributed by atoms with van der Waals surface area (Å²) in [6.07, 6.45) is 0. The average Bonchev–Trinajstić information content (AvgIpc) is 2.16. The van der Waals surface area contributed by atoms with Crippen molar-refractivity contribution in [2.75, 3.05) is 25.9 Å². The number of hydrogen-bond donors (Lipinski definition) is 2. The van der Waals surface area contributed by atoms with E-state index in [1.807, 2.05) is 0 Å². The molecule has 0 bridgehead atoms. The standard InChI is InChI=1S/C9H17N3OS/c1-9(2)5-12-8(14-6-9)11-4-7(13)10-3/h4-6H2,1-3H3,(H,10,13)(H,11,12). The van der Waals surface area contributed by atoms with Crippen LogP contribution in [0.1, 0.15) is 13.8 Å². The highest BCUT2D eigenvalue weighted by Crippen LogP contribution is 2.26. The van der Waals surface area contributed by atoms with Gasteiger partial charge >= 0.3 is 0 Å². The number of carbonyl (C=O) groups excluding carboxylic acids is 1.